The molecule has 0 spiro atoms. The second-order valence-electron chi connectivity index (χ2n) is 4.55. The van der Waals surface area contributed by atoms with Crippen LogP contribution in [-0.4, -0.2) is 21.0 Å². The summed E-state index contributed by atoms with van der Waals surface area (Å²) in [4.78, 5) is 19.7. The molecule has 0 fully saturated rings. The average Bonchev–Trinajstić information content (AvgIpc) is 2.97. The molecule has 3 aromatic rings. The summed E-state index contributed by atoms with van der Waals surface area (Å²) in [7, 11) is 0. The Morgan fingerprint density at radius 1 is 1.24 bits per heavy atom. The molecule has 0 atom stereocenters. The molecule has 21 heavy (non-hydrogen) atoms. The Morgan fingerprint density at radius 2 is 2.14 bits per heavy atom. The molecule has 0 aliphatic rings. The summed E-state index contributed by atoms with van der Waals surface area (Å²) in [6.07, 6.45) is 4.30. The van der Waals surface area contributed by atoms with Gasteiger partial charge in [-0.3, -0.25) is 4.98 Å². The van der Waals surface area contributed by atoms with Crippen LogP contribution in [0, 0.1) is 0 Å². The van der Waals surface area contributed by atoms with Gasteiger partial charge in [-0.25, -0.2) is 9.78 Å². The number of thiazole rings is 1. The van der Waals surface area contributed by atoms with Crippen molar-refractivity contribution in [3.05, 3.63) is 70.3 Å². The molecular formula is C16H12N2O2S. The van der Waals surface area contributed by atoms with E-state index in [0.717, 1.165) is 28.2 Å². The lowest BCUT2D eigenvalue weighted by Gasteiger charge is -1.99. The van der Waals surface area contributed by atoms with Gasteiger partial charge < -0.3 is 5.11 Å². The van der Waals surface area contributed by atoms with Crippen LogP contribution in [0.2, 0.25) is 0 Å². The minimum Gasteiger partial charge on any atom is -0.478 e. The van der Waals surface area contributed by atoms with E-state index in [1.807, 2.05) is 29.8 Å². The molecule has 2 heterocycles. The van der Waals surface area contributed by atoms with Crippen LogP contribution in [0.4, 0.5) is 0 Å². The number of hydrogen-bond acceptors (Lipinski definition) is 4. The zero-order valence-electron chi connectivity index (χ0n) is 11.1. The summed E-state index contributed by atoms with van der Waals surface area (Å²) in [6.45, 7) is 0. The first-order chi connectivity index (χ1) is 10.2. The van der Waals surface area contributed by atoms with E-state index in [1.165, 1.54) is 0 Å². The van der Waals surface area contributed by atoms with Crippen LogP contribution in [0.5, 0.6) is 0 Å². The Balaban J connectivity index is 1.85. The van der Waals surface area contributed by atoms with Gasteiger partial charge in [-0.2, -0.15) is 0 Å². The molecule has 1 aromatic carbocycles. The smallest absolute Gasteiger partial charge is 0.335 e. The van der Waals surface area contributed by atoms with E-state index in [1.54, 1.807) is 35.7 Å². The highest BCUT2D eigenvalue weighted by Crippen LogP contribution is 2.24. The Labute approximate surface area is 125 Å². The molecule has 1 N–H and O–H groups in total. The number of benzene rings is 1. The van der Waals surface area contributed by atoms with Crippen LogP contribution in [0.3, 0.4) is 0 Å². The van der Waals surface area contributed by atoms with Gasteiger partial charge in [0.2, 0.25) is 0 Å². The van der Waals surface area contributed by atoms with Gasteiger partial charge in [-0.15, -0.1) is 11.3 Å². The van der Waals surface area contributed by atoms with Crippen molar-refractivity contribution in [1.82, 2.24) is 9.97 Å². The van der Waals surface area contributed by atoms with Crippen molar-refractivity contribution in [3.8, 4) is 11.3 Å². The number of hydrogen-bond donors (Lipinski definition) is 1. The van der Waals surface area contributed by atoms with Crippen molar-refractivity contribution in [3.63, 3.8) is 0 Å². The van der Waals surface area contributed by atoms with Crippen LogP contribution in [0.15, 0.2) is 54.2 Å². The Hall–Kier alpha value is -2.53. The van der Waals surface area contributed by atoms with Crippen molar-refractivity contribution >= 4 is 17.3 Å². The lowest BCUT2D eigenvalue weighted by molar-refractivity contribution is 0.0697. The number of carbonyl (C=O) groups is 1. The number of nitrogens with zero attached hydrogens (tertiary/aromatic N) is 2. The van der Waals surface area contributed by atoms with Crippen molar-refractivity contribution in [1.29, 1.82) is 0 Å². The fraction of sp³-hybridized carbons (Fsp3) is 0.0625. The number of carboxylic acids is 1. The largest absolute Gasteiger partial charge is 0.478 e. The number of carboxylic acid groups (broad SMARTS) is 1. The molecular weight excluding hydrogens is 284 g/mol. The van der Waals surface area contributed by atoms with E-state index in [4.69, 9.17) is 5.11 Å². The van der Waals surface area contributed by atoms with Crippen LogP contribution in [-0.2, 0) is 6.42 Å². The molecule has 0 aliphatic carbocycles. The maximum absolute atomic E-state index is 11.0. The Bertz CT molecular complexity index is 769. The van der Waals surface area contributed by atoms with Gasteiger partial charge in [0.05, 0.1) is 16.3 Å². The van der Waals surface area contributed by atoms with Crippen molar-refractivity contribution < 1.29 is 9.90 Å². The van der Waals surface area contributed by atoms with Gasteiger partial charge in [0.25, 0.3) is 0 Å². The third-order valence-corrected chi connectivity index (χ3v) is 3.88. The summed E-state index contributed by atoms with van der Waals surface area (Å²) in [5.41, 5.74) is 3.01. The quantitative estimate of drug-likeness (QED) is 0.800. The molecule has 104 valence electrons. The number of rotatable bonds is 4. The van der Waals surface area contributed by atoms with Crippen molar-refractivity contribution in [2.45, 2.75) is 6.42 Å². The molecule has 0 saturated heterocycles. The maximum Gasteiger partial charge on any atom is 0.335 e. The van der Waals surface area contributed by atoms with E-state index in [0.29, 0.717) is 0 Å². The third-order valence-electron chi connectivity index (χ3n) is 3.04. The van der Waals surface area contributed by atoms with Crippen LogP contribution in [0.25, 0.3) is 11.3 Å². The lowest BCUT2D eigenvalue weighted by atomic mass is 10.1. The van der Waals surface area contributed by atoms with Crippen LogP contribution in [0.1, 0.15) is 20.9 Å². The van der Waals surface area contributed by atoms with E-state index in [2.05, 4.69) is 9.97 Å². The Morgan fingerprint density at radius 3 is 2.90 bits per heavy atom. The molecule has 4 nitrogen and oxygen atoms in total. The highest BCUT2D eigenvalue weighted by Gasteiger charge is 2.08. The predicted octanol–water partition coefficient (Wildman–Crippen LogP) is 3.49. The first kappa shape index (κ1) is 13.5. The molecule has 0 unspecified atom stereocenters. The number of aromatic nitrogens is 2. The second kappa shape index (κ2) is 5.85. The fourth-order valence-corrected chi connectivity index (χ4v) is 2.85. The fourth-order valence-electron chi connectivity index (χ4n) is 2.01. The minimum absolute atomic E-state index is 0.273. The van der Waals surface area contributed by atoms with Crippen LogP contribution < -0.4 is 0 Å². The zero-order valence-corrected chi connectivity index (χ0v) is 11.9. The van der Waals surface area contributed by atoms with Gasteiger partial charge in [0.1, 0.15) is 0 Å². The topological polar surface area (TPSA) is 63.1 Å². The Kier molecular flexibility index (Phi) is 3.75. The normalized spacial score (nSPS) is 10.5. The SMILES string of the molecule is O=C(O)c1cccc(-c2csc(Cc3cccnc3)n2)c1. The molecule has 0 bridgehead atoms. The summed E-state index contributed by atoms with van der Waals surface area (Å²) in [5, 5.41) is 12.0. The van der Waals surface area contributed by atoms with E-state index < -0.39 is 5.97 Å². The van der Waals surface area contributed by atoms with E-state index >= 15 is 0 Å². The summed E-state index contributed by atoms with van der Waals surface area (Å²) >= 11 is 1.57. The molecule has 5 heteroatoms. The summed E-state index contributed by atoms with van der Waals surface area (Å²) in [5.74, 6) is -0.928. The second-order valence-corrected chi connectivity index (χ2v) is 5.49. The van der Waals surface area contributed by atoms with Crippen molar-refractivity contribution in [2.75, 3.05) is 0 Å². The number of pyridine rings is 1. The number of aromatic carboxylic acids is 1. The summed E-state index contributed by atoms with van der Waals surface area (Å²) in [6, 6.07) is 10.7. The molecule has 0 radical (unpaired) electrons. The lowest BCUT2D eigenvalue weighted by Crippen LogP contribution is -1.95. The molecule has 2 aromatic heterocycles. The average molecular weight is 296 g/mol. The monoisotopic (exact) mass is 296 g/mol. The molecule has 0 amide bonds. The van der Waals surface area contributed by atoms with Gasteiger partial charge >= 0.3 is 5.97 Å². The standard InChI is InChI=1S/C16H12N2O2S/c19-16(20)13-5-1-4-12(8-13)14-10-21-15(18-14)7-11-3-2-6-17-9-11/h1-6,8-10H,7H2,(H,19,20). The molecule has 3 rings (SSSR count). The minimum atomic E-state index is -0.928. The molecule has 0 saturated carbocycles. The van der Waals surface area contributed by atoms with Gasteiger partial charge in [-0.1, -0.05) is 18.2 Å². The van der Waals surface area contributed by atoms with E-state index in [9.17, 15) is 4.79 Å². The zero-order chi connectivity index (χ0) is 14.7. The molecule has 0 aliphatic heterocycles. The van der Waals surface area contributed by atoms with Gasteiger partial charge in [0.15, 0.2) is 0 Å². The van der Waals surface area contributed by atoms with Gasteiger partial charge in [-0.05, 0) is 23.8 Å². The first-order valence-electron chi connectivity index (χ1n) is 6.39. The summed E-state index contributed by atoms with van der Waals surface area (Å²) < 4.78 is 0. The first-order valence-corrected chi connectivity index (χ1v) is 7.27. The van der Waals surface area contributed by atoms with E-state index in [-0.39, 0.29) is 5.56 Å². The third kappa shape index (κ3) is 3.14. The van der Waals surface area contributed by atoms with Crippen LogP contribution >= 0.6 is 11.3 Å². The highest BCUT2D eigenvalue weighted by atomic mass is 32.1. The maximum atomic E-state index is 11.0. The highest BCUT2D eigenvalue weighted by molar-refractivity contribution is 7.10. The predicted molar refractivity (Wildman–Crippen MR) is 81.6 cm³/mol. The van der Waals surface area contributed by atoms with Gasteiger partial charge in [0, 0.05) is 29.8 Å². The van der Waals surface area contributed by atoms with Crippen molar-refractivity contribution in [2.24, 2.45) is 0 Å².